The normalized spacial score (nSPS) is 17.7. The van der Waals surface area contributed by atoms with Crippen LogP contribution in [0.1, 0.15) is 21.9 Å². The third-order valence-electron chi connectivity index (χ3n) is 3.35. The maximum atomic E-state index is 12.2. The lowest BCUT2D eigenvalue weighted by Gasteiger charge is -2.05. The Morgan fingerprint density at radius 3 is 2.83 bits per heavy atom. The van der Waals surface area contributed by atoms with Gasteiger partial charge in [-0.25, -0.2) is 0 Å². The van der Waals surface area contributed by atoms with Crippen molar-refractivity contribution in [3.8, 4) is 0 Å². The molecule has 0 fully saturated rings. The van der Waals surface area contributed by atoms with Crippen LogP contribution in [-0.2, 0) is 17.8 Å². The van der Waals surface area contributed by atoms with Gasteiger partial charge in [0.05, 0.1) is 17.3 Å². The van der Waals surface area contributed by atoms with Crippen LogP contribution in [0.4, 0.5) is 0 Å². The number of aromatic nitrogens is 2. The third kappa shape index (κ3) is 1.55. The first kappa shape index (κ1) is 10.8. The fourth-order valence-electron chi connectivity index (χ4n) is 2.41. The van der Waals surface area contributed by atoms with E-state index in [2.05, 4.69) is 4.98 Å². The predicted molar refractivity (Wildman–Crippen MR) is 63.5 cm³/mol. The number of H-pyrrole nitrogens is 1. The van der Waals surface area contributed by atoms with Crippen molar-refractivity contribution in [3.05, 3.63) is 47.5 Å². The topological polar surface area (TPSA) is 75.1 Å². The Balaban J connectivity index is 1.94. The van der Waals surface area contributed by atoms with Gasteiger partial charge in [-0.1, -0.05) is 0 Å². The second-order valence-corrected chi connectivity index (χ2v) is 4.47. The van der Waals surface area contributed by atoms with E-state index in [1.54, 1.807) is 24.4 Å². The Labute approximate surface area is 103 Å². The number of carboxylic acid groups (broad SMARTS) is 1. The van der Waals surface area contributed by atoms with Crippen molar-refractivity contribution in [3.63, 3.8) is 0 Å². The molecule has 0 spiro atoms. The molecule has 1 unspecified atom stereocenters. The van der Waals surface area contributed by atoms with Crippen LogP contribution in [0.15, 0.2) is 30.5 Å². The second kappa shape index (κ2) is 3.87. The van der Waals surface area contributed by atoms with E-state index in [1.165, 1.54) is 0 Å². The Kier molecular flexibility index (Phi) is 2.33. The summed E-state index contributed by atoms with van der Waals surface area (Å²) < 4.78 is 1.81. The first-order valence-electron chi connectivity index (χ1n) is 5.76. The molecule has 0 aromatic carbocycles. The first-order chi connectivity index (χ1) is 8.66. The van der Waals surface area contributed by atoms with Crippen molar-refractivity contribution in [1.29, 1.82) is 0 Å². The lowest BCUT2D eigenvalue weighted by atomic mass is 10.1. The summed E-state index contributed by atoms with van der Waals surface area (Å²) in [7, 11) is 0. The van der Waals surface area contributed by atoms with Crippen molar-refractivity contribution in [2.45, 2.75) is 13.0 Å². The van der Waals surface area contributed by atoms with Crippen molar-refractivity contribution in [2.24, 2.45) is 5.92 Å². The molecular weight excluding hydrogens is 232 g/mol. The summed E-state index contributed by atoms with van der Waals surface area (Å²) in [5.74, 6) is -1.33. The fraction of sp³-hybridized carbons (Fsp3) is 0.231. The zero-order chi connectivity index (χ0) is 12.7. The number of nitrogens with one attached hydrogen (secondary N) is 1. The van der Waals surface area contributed by atoms with Crippen LogP contribution in [0.3, 0.4) is 0 Å². The monoisotopic (exact) mass is 244 g/mol. The number of rotatable bonds is 3. The van der Waals surface area contributed by atoms with Gasteiger partial charge in [0.25, 0.3) is 0 Å². The van der Waals surface area contributed by atoms with E-state index in [1.807, 2.05) is 10.6 Å². The van der Waals surface area contributed by atoms with Crippen LogP contribution in [-0.4, -0.2) is 26.4 Å². The van der Waals surface area contributed by atoms with Crippen LogP contribution in [0.2, 0.25) is 0 Å². The SMILES string of the molecule is O=C(c1ccc[nH]1)c1ccc2n1CC(C(=O)O)C2. The molecule has 0 saturated carbocycles. The van der Waals surface area contributed by atoms with Crippen LogP contribution in [0, 0.1) is 5.92 Å². The first-order valence-corrected chi connectivity index (χ1v) is 5.76. The molecule has 18 heavy (non-hydrogen) atoms. The zero-order valence-corrected chi connectivity index (χ0v) is 9.59. The summed E-state index contributed by atoms with van der Waals surface area (Å²) >= 11 is 0. The highest BCUT2D eigenvalue weighted by atomic mass is 16.4. The minimum absolute atomic E-state index is 0.0997. The maximum Gasteiger partial charge on any atom is 0.308 e. The predicted octanol–water partition coefficient (Wildman–Crippen LogP) is 1.30. The van der Waals surface area contributed by atoms with E-state index >= 15 is 0 Å². The number of hydrogen-bond acceptors (Lipinski definition) is 2. The number of carboxylic acids is 1. The van der Waals surface area contributed by atoms with Gasteiger partial charge >= 0.3 is 5.97 Å². The van der Waals surface area contributed by atoms with Crippen LogP contribution < -0.4 is 0 Å². The van der Waals surface area contributed by atoms with Crippen LogP contribution in [0.25, 0.3) is 0 Å². The Hall–Kier alpha value is -2.30. The molecule has 2 aromatic heterocycles. The van der Waals surface area contributed by atoms with Crippen molar-refractivity contribution in [2.75, 3.05) is 0 Å². The Bertz CT molecular complexity index is 610. The summed E-state index contributed by atoms with van der Waals surface area (Å²) in [5.41, 5.74) is 1.99. The summed E-state index contributed by atoms with van der Waals surface area (Å²) in [6.07, 6.45) is 2.19. The number of hydrogen-bond donors (Lipinski definition) is 2. The molecule has 2 N–H and O–H groups in total. The average Bonchev–Trinajstić information content (AvgIpc) is 3.04. The minimum atomic E-state index is -0.808. The second-order valence-electron chi connectivity index (χ2n) is 4.47. The highest BCUT2D eigenvalue weighted by Gasteiger charge is 2.30. The van der Waals surface area contributed by atoms with Crippen LogP contribution in [0.5, 0.6) is 0 Å². The molecule has 0 bridgehead atoms. The largest absolute Gasteiger partial charge is 0.481 e. The number of nitrogens with zero attached hydrogens (tertiary/aromatic N) is 1. The van der Waals surface area contributed by atoms with Gasteiger partial charge in [-0.05, 0) is 24.3 Å². The molecule has 0 radical (unpaired) electrons. The molecule has 0 amide bonds. The van der Waals surface area contributed by atoms with Gasteiger partial charge in [0, 0.05) is 24.9 Å². The van der Waals surface area contributed by atoms with Crippen molar-refractivity contribution < 1.29 is 14.7 Å². The summed E-state index contributed by atoms with van der Waals surface area (Å²) in [6.45, 7) is 0.374. The molecule has 0 saturated heterocycles. The van der Waals surface area contributed by atoms with E-state index in [4.69, 9.17) is 5.11 Å². The Morgan fingerprint density at radius 1 is 1.33 bits per heavy atom. The van der Waals surface area contributed by atoms with Crippen LogP contribution >= 0.6 is 0 Å². The van der Waals surface area contributed by atoms with Gasteiger partial charge in [-0.15, -0.1) is 0 Å². The molecule has 2 aromatic rings. The molecule has 0 aliphatic carbocycles. The summed E-state index contributed by atoms with van der Waals surface area (Å²) in [4.78, 5) is 26.0. The van der Waals surface area contributed by atoms with E-state index in [9.17, 15) is 9.59 Å². The highest BCUT2D eigenvalue weighted by molar-refractivity contribution is 6.06. The molecule has 1 aliphatic heterocycles. The van der Waals surface area contributed by atoms with Crippen molar-refractivity contribution in [1.82, 2.24) is 9.55 Å². The summed E-state index contributed by atoms with van der Waals surface area (Å²) in [5, 5.41) is 9.01. The van der Waals surface area contributed by atoms with Gasteiger partial charge in [-0.3, -0.25) is 9.59 Å². The van der Waals surface area contributed by atoms with Gasteiger partial charge in [0.2, 0.25) is 5.78 Å². The molecule has 5 heteroatoms. The fourth-order valence-corrected chi connectivity index (χ4v) is 2.41. The quantitative estimate of drug-likeness (QED) is 0.799. The van der Waals surface area contributed by atoms with E-state index in [-0.39, 0.29) is 5.78 Å². The molecule has 5 nitrogen and oxygen atoms in total. The Morgan fingerprint density at radius 2 is 2.17 bits per heavy atom. The molecule has 3 rings (SSSR count). The van der Waals surface area contributed by atoms with E-state index in [0.29, 0.717) is 24.4 Å². The summed E-state index contributed by atoms with van der Waals surface area (Å²) in [6, 6.07) is 7.07. The van der Waals surface area contributed by atoms with E-state index in [0.717, 1.165) is 5.69 Å². The number of ketones is 1. The minimum Gasteiger partial charge on any atom is -0.481 e. The molecule has 1 aliphatic rings. The standard InChI is InChI=1S/C13H12N2O3/c16-12(10-2-1-5-14-10)11-4-3-9-6-8(13(17)18)7-15(9)11/h1-5,8,14H,6-7H2,(H,17,18). The molecule has 1 atom stereocenters. The number of aliphatic carboxylic acids is 1. The van der Waals surface area contributed by atoms with Gasteiger partial charge in [0.1, 0.15) is 0 Å². The third-order valence-corrected chi connectivity index (χ3v) is 3.35. The zero-order valence-electron chi connectivity index (χ0n) is 9.59. The smallest absolute Gasteiger partial charge is 0.308 e. The number of carbonyl (C=O) groups is 2. The van der Waals surface area contributed by atoms with Crippen molar-refractivity contribution >= 4 is 11.8 Å². The maximum absolute atomic E-state index is 12.2. The lowest BCUT2D eigenvalue weighted by Crippen LogP contribution is -2.16. The van der Waals surface area contributed by atoms with Gasteiger partial charge < -0.3 is 14.7 Å². The number of aromatic amines is 1. The average molecular weight is 244 g/mol. The van der Waals surface area contributed by atoms with Gasteiger partial charge in [-0.2, -0.15) is 0 Å². The molecular formula is C13H12N2O3. The lowest BCUT2D eigenvalue weighted by molar-refractivity contribution is -0.141. The number of fused-ring (bicyclic) bond motifs is 1. The molecule has 3 heterocycles. The highest BCUT2D eigenvalue weighted by Crippen LogP contribution is 2.25. The van der Waals surface area contributed by atoms with Gasteiger partial charge in [0.15, 0.2) is 0 Å². The molecule has 92 valence electrons. The van der Waals surface area contributed by atoms with E-state index < -0.39 is 11.9 Å². The number of carbonyl (C=O) groups excluding carboxylic acids is 1.